The first-order valence-electron chi connectivity index (χ1n) is 9.82. The van der Waals surface area contributed by atoms with Gasteiger partial charge in [-0.3, -0.25) is 19.6 Å². The van der Waals surface area contributed by atoms with Gasteiger partial charge in [0.05, 0.1) is 5.25 Å². The van der Waals surface area contributed by atoms with Gasteiger partial charge in [-0.2, -0.15) is 0 Å². The fourth-order valence-electron chi connectivity index (χ4n) is 3.89. The van der Waals surface area contributed by atoms with Crippen LogP contribution in [0.2, 0.25) is 0 Å². The minimum Gasteiger partial charge on any atom is -0.278 e. The second kappa shape index (κ2) is 8.43. The van der Waals surface area contributed by atoms with Gasteiger partial charge in [-0.25, -0.2) is 9.37 Å². The lowest BCUT2D eigenvalue weighted by Crippen LogP contribution is -2.41. The third-order valence-corrected chi connectivity index (χ3v) is 6.56. The molecule has 0 bridgehead atoms. The van der Waals surface area contributed by atoms with Crippen molar-refractivity contribution < 1.29 is 14.0 Å². The van der Waals surface area contributed by atoms with Crippen molar-refractivity contribution in [2.45, 2.75) is 61.3 Å². The summed E-state index contributed by atoms with van der Waals surface area (Å²) in [6.45, 7) is 0.382. The highest BCUT2D eigenvalue weighted by atomic mass is 32.2. The third-order valence-electron chi connectivity index (χ3n) is 5.45. The fourth-order valence-corrected chi connectivity index (χ4v) is 4.90. The van der Waals surface area contributed by atoms with Gasteiger partial charge in [0.2, 0.25) is 11.1 Å². The number of amides is 2. The lowest BCUT2D eigenvalue weighted by Gasteiger charge is -2.21. The number of carbonyl (C=O) groups excluding carboxylic acids is 2. The lowest BCUT2D eigenvalue weighted by atomic mass is 10.1. The van der Waals surface area contributed by atoms with Gasteiger partial charge in [-0.1, -0.05) is 31.0 Å². The standard InChI is InChI=1S/C20H23FN4O2S/c21-15-10-8-14(9-11-15)18(26)25-12-4-3-7-16(19(25)27)28-20-22-17(23-24-20)13-5-1-2-6-13/h8-11,13,16H,1-7,12H2,(H,22,23,24)/t16-/m1/s1. The molecule has 148 valence electrons. The SMILES string of the molecule is O=C(c1ccc(F)cc1)N1CCCC[C@@H](Sc2n[nH]c(C3CCCC3)n2)C1=O. The molecule has 0 spiro atoms. The summed E-state index contributed by atoms with van der Waals surface area (Å²) < 4.78 is 13.1. The van der Waals surface area contributed by atoms with Crippen molar-refractivity contribution >= 4 is 23.6 Å². The van der Waals surface area contributed by atoms with E-state index in [1.165, 1.54) is 53.8 Å². The normalized spacial score (nSPS) is 21.1. The molecule has 0 unspecified atom stereocenters. The van der Waals surface area contributed by atoms with Crippen LogP contribution in [0.25, 0.3) is 0 Å². The van der Waals surface area contributed by atoms with Crippen molar-refractivity contribution in [1.29, 1.82) is 0 Å². The molecule has 6 nitrogen and oxygen atoms in total. The zero-order chi connectivity index (χ0) is 19.5. The van der Waals surface area contributed by atoms with E-state index in [9.17, 15) is 14.0 Å². The number of halogens is 1. The number of hydrogen-bond donors (Lipinski definition) is 1. The van der Waals surface area contributed by atoms with E-state index in [1.54, 1.807) is 0 Å². The van der Waals surface area contributed by atoms with Crippen LogP contribution < -0.4 is 0 Å². The fraction of sp³-hybridized carbons (Fsp3) is 0.500. The van der Waals surface area contributed by atoms with Crippen molar-refractivity contribution in [3.63, 3.8) is 0 Å². The Hall–Kier alpha value is -2.22. The number of imide groups is 1. The number of H-pyrrole nitrogens is 1. The van der Waals surface area contributed by atoms with Gasteiger partial charge in [-0.15, -0.1) is 5.10 Å². The molecule has 1 saturated carbocycles. The predicted molar refractivity (Wildman–Crippen MR) is 104 cm³/mol. The van der Waals surface area contributed by atoms with Crippen molar-refractivity contribution in [3.05, 3.63) is 41.5 Å². The van der Waals surface area contributed by atoms with Gasteiger partial charge in [0.1, 0.15) is 11.6 Å². The monoisotopic (exact) mass is 402 g/mol. The van der Waals surface area contributed by atoms with Crippen LogP contribution in [-0.2, 0) is 4.79 Å². The molecule has 1 N–H and O–H groups in total. The van der Waals surface area contributed by atoms with Crippen LogP contribution in [0, 0.1) is 5.82 Å². The highest BCUT2D eigenvalue weighted by Gasteiger charge is 2.33. The second-order valence-corrected chi connectivity index (χ2v) is 8.56. The Kier molecular flexibility index (Phi) is 5.75. The summed E-state index contributed by atoms with van der Waals surface area (Å²) in [7, 11) is 0. The summed E-state index contributed by atoms with van der Waals surface area (Å²) in [5.41, 5.74) is 0.321. The molecular weight excluding hydrogens is 379 g/mol. The predicted octanol–water partition coefficient (Wildman–Crippen LogP) is 3.92. The highest BCUT2D eigenvalue weighted by Crippen LogP contribution is 2.34. The molecule has 1 atom stereocenters. The number of hydrogen-bond acceptors (Lipinski definition) is 5. The second-order valence-electron chi connectivity index (χ2n) is 7.39. The van der Waals surface area contributed by atoms with E-state index >= 15 is 0 Å². The number of likely N-dealkylation sites (tertiary alicyclic amines) is 1. The topological polar surface area (TPSA) is 79.0 Å². The van der Waals surface area contributed by atoms with Gasteiger partial charge in [-0.05, 0) is 49.9 Å². The summed E-state index contributed by atoms with van der Waals surface area (Å²) in [5, 5.41) is 7.49. The van der Waals surface area contributed by atoms with Gasteiger partial charge in [0.25, 0.3) is 5.91 Å². The number of carbonyl (C=O) groups is 2. The summed E-state index contributed by atoms with van der Waals surface area (Å²) in [6, 6.07) is 5.31. The molecule has 1 saturated heterocycles. The minimum atomic E-state index is -0.408. The Morgan fingerprint density at radius 3 is 2.57 bits per heavy atom. The quantitative estimate of drug-likeness (QED) is 0.785. The maximum atomic E-state index is 13.1. The van der Waals surface area contributed by atoms with E-state index in [-0.39, 0.29) is 17.1 Å². The van der Waals surface area contributed by atoms with Gasteiger partial charge in [0.15, 0.2) is 0 Å². The molecule has 4 rings (SSSR count). The maximum Gasteiger partial charge on any atom is 0.260 e. The van der Waals surface area contributed by atoms with Crippen LogP contribution in [0.15, 0.2) is 29.4 Å². The number of thioether (sulfide) groups is 1. The molecule has 2 aromatic rings. The van der Waals surface area contributed by atoms with Crippen LogP contribution >= 0.6 is 11.8 Å². The number of nitrogens with one attached hydrogen (secondary N) is 1. The smallest absolute Gasteiger partial charge is 0.260 e. The maximum absolute atomic E-state index is 13.1. The summed E-state index contributed by atoms with van der Waals surface area (Å²) >= 11 is 1.33. The molecule has 1 aromatic carbocycles. The first kappa shape index (κ1) is 19.1. The number of nitrogens with zero attached hydrogens (tertiary/aromatic N) is 3. The van der Waals surface area contributed by atoms with Crippen LogP contribution in [-0.4, -0.2) is 43.7 Å². The number of rotatable bonds is 4. The summed E-state index contributed by atoms with van der Waals surface area (Å²) in [6.07, 6.45) is 6.99. The van der Waals surface area contributed by atoms with Crippen LogP contribution in [0.1, 0.15) is 67.0 Å². The Morgan fingerprint density at radius 2 is 1.82 bits per heavy atom. The van der Waals surface area contributed by atoms with Gasteiger partial charge < -0.3 is 0 Å². The van der Waals surface area contributed by atoms with E-state index in [0.29, 0.717) is 29.6 Å². The first-order chi connectivity index (χ1) is 13.6. The molecule has 1 aromatic heterocycles. The van der Waals surface area contributed by atoms with E-state index in [0.717, 1.165) is 31.5 Å². The molecule has 2 amide bonds. The molecule has 8 heteroatoms. The molecule has 0 radical (unpaired) electrons. The summed E-state index contributed by atoms with van der Waals surface area (Å²) in [4.78, 5) is 31.7. The molecule has 1 aliphatic carbocycles. The Morgan fingerprint density at radius 1 is 1.11 bits per heavy atom. The van der Waals surface area contributed by atoms with Gasteiger partial charge >= 0.3 is 0 Å². The van der Waals surface area contributed by atoms with E-state index in [2.05, 4.69) is 15.2 Å². The first-order valence-corrected chi connectivity index (χ1v) is 10.7. The molecule has 2 aliphatic rings. The summed E-state index contributed by atoms with van der Waals surface area (Å²) in [5.74, 6) is 0.335. The molecular formula is C20H23FN4O2S. The largest absolute Gasteiger partial charge is 0.278 e. The zero-order valence-corrected chi connectivity index (χ0v) is 16.4. The number of benzene rings is 1. The molecule has 28 heavy (non-hydrogen) atoms. The Labute approximate surface area is 167 Å². The number of aromatic amines is 1. The van der Waals surface area contributed by atoms with Crippen molar-refractivity contribution in [2.75, 3.05) is 6.54 Å². The van der Waals surface area contributed by atoms with E-state index < -0.39 is 5.82 Å². The Balaban J connectivity index is 1.47. The average Bonchev–Trinajstić information content (AvgIpc) is 3.35. The molecule has 2 heterocycles. The lowest BCUT2D eigenvalue weighted by molar-refractivity contribution is -0.127. The van der Waals surface area contributed by atoms with Crippen molar-refractivity contribution in [2.24, 2.45) is 0 Å². The van der Waals surface area contributed by atoms with E-state index in [4.69, 9.17) is 0 Å². The number of aromatic nitrogens is 3. The highest BCUT2D eigenvalue weighted by molar-refractivity contribution is 8.00. The average molecular weight is 402 g/mol. The van der Waals surface area contributed by atoms with Crippen molar-refractivity contribution in [3.8, 4) is 0 Å². The minimum absolute atomic E-state index is 0.218. The van der Waals surface area contributed by atoms with Crippen LogP contribution in [0.3, 0.4) is 0 Å². The van der Waals surface area contributed by atoms with Gasteiger partial charge in [0, 0.05) is 18.0 Å². The van der Waals surface area contributed by atoms with Crippen LogP contribution in [0.4, 0.5) is 4.39 Å². The Bertz CT molecular complexity index is 848. The zero-order valence-electron chi connectivity index (χ0n) is 15.6. The molecule has 2 fully saturated rings. The van der Waals surface area contributed by atoms with E-state index in [1.807, 2.05) is 0 Å². The molecule has 1 aliphatic heterocycles. The third kappa shape index (κ3) is 4.11. The van der Waals surface area contributed by atoms with Crippen molar-refractivity contribution in [1.82, 2.24) is 20.1 Å². The van der Waals surface area contributed by atoms with Crippen LogP contribution in [0.5, 0.6) is 0 Å².